The first kappa shape index (κ1) is 19.9. The molecule has 6 heteroatoms. The molecule has 1 atom stereocenters. The number of halogens is 2. The van der Waals surface area contributed by atoms with Gasteiger partial charge in [0.15, 0.2) is 4.84 Å². The lowest BCUT2D eigenvalue weighted by Gasteiger charge is -2.31. The predicted octanol–water partition coefficient (Wildman–Crippen LogP) is 5.19. The van der Waals surface area contributed by atoms with Crippen LogP contribution in [0.25, 0.3) is 0 Å². The van der Waals surface area contributed by atoms with Crippen LogP contribution in [0, 0.1) is 0 Å². The van der Waals surface area contributed by atoms with Gasteiger partial charge in [-0.1, -0.05) is 65.7 Å². The van der Waals surface area contributed by atoms with E-state index in [1.54, 1.807) is 4.90 Å². The normalized spacial score (nSPS) is 16.4. The van der Waals surface area contributed by atoms with Crippen LogP contribution in [0.3, 0.4) is 0 Å². The summed E-state index contributed by atoms with van der Waals surface area (Å²) in [4.78, 5) is 13.4. The molecule has 0 radical (unpaired) electrons. The van der Waals surface area contributed by atoms with Gasteiger partial charge >= 0.3 is 0 Å². The zero-order valence-corrected chi connectivity index (χ0v) is 17.4. The number of hydrogen-bond donors (Lipinski definition) is 0. The quantitative estimate of drug-likeness (QED) is 0.523. The Balaban J connectivity index is 1.59. The van der Waals surface area contributed by atoms with E-state index in [1.807, 2.05) is 72.9 Å². The van der Waals surface area contributed by atoms with Crippen LogP contribution in [-0.4, -0.2) is 26.8 Å². The lowest BCUT2D eigenvalue weighted by Crippen LogP contribution is -2.38. The molecule has 2 heterocycles. The van der Waals surface area contributed by atoms with E-state index in [0.717, 1.165) is 35.5 Å². The molecule has 29 heavy (non-hydrogen) atoms. The summed E-state index contributed by atoms with van der Waals surface area (Å²) in [6.45, 7) is 1.97. The third-order valence-corrected chi connectivity index (χ3v) is 5.54. The number of hydrogen-bond acceptors (Lipinski definition) is 2. The number of aromatic nitrogens is 1. The molecule has 2 aromatic carbocycles. The van der Waals surface area contributed by atoms with Gasteiger partial charge in [-0.05, 0) is 41.8 Å². The number of ether oxygens (including phenoxy) is 1. The van der Waals surface area contributed by atoms with Gasteiger partial charge in [-0.2, -0.15) is 0 Å². The first-order chi connectivity index (χ1) is 14.1. The van der Waals surface area contributed by atoms with Gasteiger partial charge in [0, 0.05) is 25.0 Å². The molecule has 1 amide bonds. The maximum atomic E-state index is 12.7. The van der Waals surface area contributed by atoms with Crippen molar-refractivity contribution in [2.75, 3.05) is 6.54 Å². The third kappa shape index (κ3) is 4.44. The van der Waals surface area contributed by atoms with Gasteiger partial charge in [0.2, 0.25) is 0 Å². The van der Waals surface area contributed by atoms with Crippen molar-refractivity contribution in [3.05, 3.63) is 89.7 Å². The Bertz CT molecular complexity index is 955. The van der Waals surface area contributed by atoms with Crippen molar-refractivity contribution in [3.63, 3.8) is 0 Å². The number of benzene rings is 2. The zero-order chi connectivity index (χ0) is 20.2. The van der Waals surface area contributed by atoms with E-state index in [0.29, 0.717) is 13.2 Å². The Kier molecular flexibility index (Phi) is 6.12. The van der Waals surface area contributed by atoms with Crippen LogP contribution >= 0.6 is 23.2 Å². The van der Waals surface area contributed by atoms with Crippen molar-refractivity contribution in [1.29, 1.82) is 0 Å². The summed E-state index contributed by atoms with van der Waals surface area (Å²) in [5.74, 6) is 0.518. The molecule has 0 aliphatic carbocycles. The van der Waals surface area contributed by atoms with E-state index in [4.69, 9.17) is 27.9 Å². The number of aryl methyl sites for hydroxylation is 1. The van der Waals surface area contributed by atoms with Gasteiger partial charge in [0.1, 0.15) is 12.4 Å². The van der Waals surface area contributed by atoms with E-state index < -0.39 is 4.84 Å². The summed E-state index contributed by atoms with van der Waals surface area (Å²) in [6, 6.07) is 21.8. The summed E-state index contributed by atoms with van der Waals surface area (Å²) in [6.07, 6.45) is 2.90. The van der Waals surface area contributed by atoms with Crippen molar-refractivity contribution in [2.45, 2.75) is 30.5 Å². The van der Waals surface area contributed by atoms with Crippen molar-refractivity contribution >= 4 is 29.1 Å². The minimum absolute atomic E-state index is 0.233. The van der Waals surface area contributed by atoms with Gasteiger partial charge < -0.3 is 14.2 Å². The highest BCUT2D eigenvalue weighted by Gasteiger charge is 2.33. The van der Waals surface area contributed by atoms with E-state index >= 15 is 0 Å². The second kappa shape index (κ2) is 8.93. The Hall–Kier alpha value is -2.43. The molecule has 1 unspecified atom stereocenters. The monoisotopic (exact) mass is 428 g/mol. The predicted molar refractivity (Wildman–Crippen MR) is 115 cm³/mol. The second-order valence-electron chi connectivity index (χ2n) is 7.06. The molecular weight excluding hydrogens is 407 g/mol. The van der Waals surface area contributed by atoms with E-state index in [-0.39, 0.29) is 11.9 Å². The molecular formula is C23H22Cl2N2O2. The smallest absolute Gasteiger partial charge is 0.256 e. The Morgan fingerprint density at radius 1 is 1.00 bits per heavy atom. The second-order valence-corrected chi connectivity index (χ2v) is 8.15. The average Bonchev–Trinajstić information content (AvgIpc) is 3.13. The molecule has 150 valence electrons. The fourth-order valence-electron chi connectivity index (χ4n) is 3.78. The standard InChI is InChI=1S/C23H22Cl2N2O2/c24-22(25)23(28)27-15-5-14-26-13-4-8-20(26)21(27)18-9-11-19(12-10-18)29-16-17-6-2-1-3-7-17/h1-4,6-13,21-22H,5,14-16H2. The van der Waals surface area contributed by atoms with Crippen LogP contribution in [0.4, 0.5) is 0 Å². The van der Waals surface area contributed by atoms with Crippen molar-refractivity contribution in [2.24, 2.45) is 0 Å². The van der Waals surface area contributed by atoms with E-state index in [1.165, 1.54) is 0 Å². The number of rotatable bonds is 5. The van der Waals surface area contributed by atoms with Gasteiger partial charge in [-0.15, -0.1) is 0 Å². The van der Waals surface area contributed by atoms with Crippen molar-refractivity contribution in [3.8, 4) is 5.75 Å². The highest BCUT2D eigenvalue weighted by atomic mass is 35.5. The Morgan fingerprint density at radius 2 is 1.76 bits per heavy atom. The van der Waals surface area contributed by atoms with Crippen LogP contribution in [0.15, 0.2) is 72.9 Å². The number of carbonyl (C=O) groups excluding carboxylic acids is 1. The number of nitrogens with zero attached hydrogens (tertiary/aromatic N) is 2. The minimum Gasteiger partial charge on any atom is -0.489 e. The molecule has 0 fully saturated rings. The molecule has 0 N–H and O–H groups in total. The topological polar surface area (TPSA) is 34.5 Å². The summed E-state index contributed by atoms with van der Waals surface area (Å²) in [7, 11) is 0. The zero-order valence-electron chi connectivity index (χ0n) is 15.9. The Labute approximate surface area is 180 Å². The van der Waals surface area contributed by atoms with Gasteiger partial charge in [0.05, 0.1) is 6.04 Å². The van der Waals surface area contributed by atoms with Crippen LogP contribution in [0.5, 0.6) is 5.75 Å². The first-order valence-electron chi connectivity index (χ1n) is 9.64. The van der Waals surface area contributed by atoms with Gasteiger partial charge in [0.25, 0.3) is 5.91 Å². The first-order valence-corrected chi connectivity index (χ1v) is 10.5. The molecule has 4 nitrogen and oxygen atoms in total. The summed E-state index contributed by atoms with van der Waals surface area (Å²) < 4.78 is 8.09. The van der Waals surface area contributed by atoms with Crippen molar-refractivity contribution < 1.29 is 9.53 Å². The maximum absolute atomic E-state index is 12.7. The molecule has 0 spiro atoms. The summed E-state index contributed by atoms with van der Waals surface area (Å²) in [5, 5.41) is 0. The molecule has 0 bridgehead atoms. The number of alkyl halides is 2. The maximum Gasteiger partial charge on any atom is 0.256 e. The van der Waals surface area contributed by atoms with Crippen molar-refractivity contribution in [1.82, 2.24) is 9.47 Å². The van der Waals surface area contributed by atoms with E-state index in [2.05, 4.69) is 4.57 Å². The van der Waals surface area contributed by atoms with Gasteiger partial charge in [-0.25, -0.2) is 0 Å². The molecule has 1 aromatic heterocycles. The average molecular weight is 429 g/mol. The fourth-order valence-corrected chi connectivity index (χ4v) is 4.03. The highest BCUT2D eigenvalue weighted by Crippen LogP contribution is 2.34. The summed E-state index contributed by atoms with van der Waals surface area (Å²) in [5.41, 5.74) is 3.18. The van der Waals surface area contributed by atoms with Crippen LogP contribution in [0.2, 0.25) is 0 Å². The Morgan fingerprint density at radius 3 is 2.48 bits per heavy atom. The molecule has 1 aliphatic heterocycles. The molecule has 0 saturated heterocycles. The lowest BCUT2D eigenvalue weighted by atomic mass is 10.0. The molecule has 4 rings (SSSR count). The number of amides is 1. The number of carbonyl (C=O) groups is 1. The fraction of sp³-hybridized carbons (Fsp3) is 0.261. The van der Waals surface area contributed by atoms with Crippen LogP contribution in [0.1, 0.15) is 29.3 Å². The lowest BCUT2D eigenvalue weighted by molar-refractivity contribution is -0.131. The van der Waals surface area contributed by atoms with E-state index in [9.17, 15) is 4.79 Å². The summed E-state index contributed by atoms with van der Waals surface area (Å²) >= 11 is 11.9. The SMILES string of the molecule is O=C(C(Cl)Cl)N1CCCn2cccc2C1c1ccc(OCc2ccccc2)cc1. The van der Waals surface area contributed by atoms with Crippen LogP contribution < -0.4 is 4.74 Å². The minimum atomic E-state index is -1.08. The van der Waals surface area contributed by atoms with Gasteiger partial charge in [-0.3, -0.25) is 4.79 Å². The largest absolute Gasteiger partial charge is 0.489 e. The number of fused-ring (bicyclic) bond motifs is 1. The third-order valence-electron chi connectivity index (χ3n) is 5.17. The molecule has 0 saturated carbocycles. The molecule has 1 aliphatic rings. The highest BCUT2D eigenvalue weighted by molar-refractivity contribution is 6.53. The van der Waals surface area contributed by atoms with Crippen LogP contribution in [-0.2, 0) is 17.9 Å². The molecule has 3 aromatic rings.